The lowest BCUT2D eigenvalue weighted by Crippen LogP contribution is -1.99. The summed E-state index contributed by atoms with van der Waals surface area (Å²) in [6.07, 6.45) is 1.84. The smallest absolute Gasteiger partial charge is 0.141 e. The summed E-state index contributed by atoms with van der Waals surface area (Å²) >= 11 is 5.73. The molecular weight excluding hydrogens is 229 g/mol. The van der Waals surface area contributed by atoms with Gasteiger partial charge in [0.15, 0.2) is 0 Å². The van der Waals surface area contributed by atoms with Gasteiger partial charge in [0, 0.05) is 25.4 Å². The second-order valence-corrected chi connectivity index (χ2v) is 3.90. The van der Waals surface area contributed by atoms with E-state index in [4.69, 9.17) is 17.3 Å². The molecule has 0 unspecified atom stereocenters. The lowest BCUT2D eigenvalue weighted by molar-refractivity contribution is 0.628. The van der Waals surface area contributed by atoms with E-state index < -0.39 is 5.82 Å². The SMILES string of the molecule is Cn1cc(-c2ccc(F)c(Cl)c2)c(CN)n1. The highest BCUT2D eigenvalue weighted by molar-refractivity contribution is 6.31. The average Bonchev–Trinajstić information content (AvgIpc) is 2.63. The van der Waals surface area contributed by atoms with Crippen LogP contribution in [0, 0.1) is 5.82 Å². The first-order chi connectivity index (χ1) is 7.61. The first-order valence-corrected chi connectivity index (χ1v) is 5.17. The number of nitrogens with zero attached hydrogens (tertiary/aromatic N) is 2. The number of benzene rings is 1. The second-order valence-electron chi connectivity index (χ2n) is 3.50. The van der Waals surface area contributed by atoms with Gasteiger partial charge in [0.05, 0.1) is 10.7 Å². The quantitative estimate of drug-likeness (QED) is 0.874. The van der Waals surface area contributed by atoms with Gasteiger partial charge in [0.25, 0.3) is 0 Å². The van der Waals surface area contributed by atoms with Gasteiger partial charge in [-0.25, -0.2) is 4.39 Å². The third-order valence-electron chi connectivity index (χ3n) is 2.33. The Morgan fingerprint density at radius 1 is 1.50 bits per heavy atom. The van der Waals surface area contributed by atoms with Crippen LogP contribution in [0.4, 0.5) is 4.39 Å². The van der Waals surface area contributed by atoms with Gasteiger partial charge in [-0.15, -0.1) is 0 Å². The molecule has 0 amide bonds. The molecule has 0 fully saturated rings. The number of hydrogen-bond acceptors (Lipinski definition) is 2. The minimum Gasteiger partial charge on any atom is -0.325 e. The largest absolute Gasteiger partial charge is 0.325 e. The van der Waals surface area contributed by atoms with Crippen LogP contribution in [0.15, 0.2) is 24.4 Å². The maximum absolute atomic E-state index is 13.0. The van der Waals surface area contributed by atoms with Crippen LogP contribution in [-0.2, 0) is 13.6 Å². The molecule has 84 valence electrons. The number of aryl methyl sites for hydroxylation is 1. The highest BCUT2D eigenvalue weighted by atomic mass is 35.5. The third kappa shape index (κ3) is 1.94. The summed E-state index contributed by atoms with van der Waals surface area (Å²) in [6.45, 7) is 0.338. The Hall–Kier alpha value is -1.39. The summed E-state index contributed by atoms with van der Waals surface area (Å²) in [4.78, 5) is 0. The van der Waals surface area contributed by atoms with Gasteiger partial charge in [-0.05, 0) is 17.7 Å². The van der Waals surface area contributed by atoms with Crippen LogP contribution in [0.2, 0.25) is 5.02 Å². The highest BCUT2D eigenvalue weighted by Crippen LogP contribution is 2.26. The normalized spacial score (nSPS) is 10.8. The van der Waals surface area contributed by atoms with E-state index in [2.05, 4.69) is 5.10 Å². The van der Waals surface area contributed by atoms with Gasteiger partial charge < -0.3 is 5.73 Å². The van der Waals surface area contributed by atoms with Crippen molar-refractivity contribution in [2.45, 2.75) is 6.54 Å². The van der Waals surface area contributed by atoms with E-state index in [0.717, 1.165) is 16.8 Å². The summed E-state index contributed by atoms with van der Waals surface area (Å²) in [6, 6.07) is 4.58. The molecule has 0 bridgehead atoms. The van der Waals surface area contributed by atoms with Crippen LogP contribution in [0.25, 0.3) is 11.1 Å². The summed E-state index contributed by atoms with van der Waals surface area (Å²) in [5.41, 5.74) is 8.06. The first kappa shape index (κ1) is 11.1. The Balaban J connectivity index is 2.53. The molecule has 0 aliphatic heterocycles. The van der Waals surface area contributed by atoms with E-state index in [-0.39, 0.29) is 5.02 Å². The Labute approximate surface area is 97.6 Å². The summed E-state index contributed by atoms with van der Waals surface area (Å²) < 4.78 is 14.7. The average molecular weight is 240 g/mol. The van der Waals surface area contributed by atoms with Gasteiger partial charge in [0.2, 0.25) is 0 Å². The molecule has 0 saturated carbocycles. The molecule has 3 nitrogen and oxygen atoms in total. The highest BCUT2D eigenvalue weighted by Gasteiger charge is 2.10. The second kappa shape index (κ2) is 4.23. The molecule has 0 aliphatic rings. The third-order valence-corrected chi connectivity index (χ3v) is 2.62. The van der Waals surface area contributed by atoms with Crippen LogP contribution < -0.4 is 5.73 Å². The van der Waals surface area contributed by atoms with E-state index in [9.17, 15) is 4.39 Å². The fraction of sp³-hybridized carbons (Fsp3) is 0.182. The van der Waals surface area contributed by atoms with Crippen molar-refractivity contribution in [2.24, 2.45) is 12.8 Å². The van der Waals surface area contributed by atoms with E-state index in [1.165, 1.54) is 6.07 Å². The lowest BCUT2D eigenvalue weighted by atomic mass is 10.1. The number of halogens is 2. The van der Waals surface area contributed by atoms with Gasteiger partial charge in [-0.2, -0.15) is 5.10 Å². The van der Waals surface area contributed by atoms with Crippen LogP contribution in [0.1, 0.15) is 5.69 Å². The van der Waals surface area contributed by atoms with Crippen molar-refractivity contribution in [3.8, 4) is 11.1 Å². The molecule has 0 atom stereocenters. The van der Waals surface area contributed by atoms with Crippen molar-refractivity contribution in [1.82, 2.24) is 9.78 Å². The van der Waals surface area contributed by atoms with Gasteiger partial charge in [0.1, 0.15) is 5.82 Å². The molecule has 2 aromatic rings. The molecule has 5 heteroatoms. The van der Waals surface area contributed by atoms with Gasteiger partial charge >= 0.3 is 0 Å². The zero-order valence-corrected chi connectivity index (χ0v) is 9.50. The molecule has 2 rings (SSSR count). The van der Waals surface area contributed by atoms with E-state index >= 15 is 0 Å². The molecule has 0 radical (unpaired) electrons. The molecule has 16 heavy (non-hydrogen) atoms. The molecule has 1 heterocycles. The standard InChI is InChI=1S/C11H11ClFN3/c1-16-6-8(11(5-14)15-16)7-2-3-10(13)9(12)4-7/h2-4,6H,5,14H2,1H3. The molecule has 1 aromatic heterocycles. The minimum atomic E-state index is -0.427. The van der Waals surface area contributed by atoms with Crippen LogP contribution >= 0.6 is 11.6 Å². The maximum Gasteiger partial charge on any atom is 0.141 e. The van der Waals surface area contributed by atoms with Gasteiger partial charge in [-0.3, -0.25) is 4.68 Å². The van der Waals surface area contributed by atoms with Crippen LogP contribution in [0.3, 0.4) is 0 Å². The number of hydrogen-bond donors (Lipinski definition) is 1. The first-order valence-electron chi connectivity index (χ1n) is 4.80. The molecule has 0 saturated heterocycles. The Morgan fingerprint density at radius 2 is 2.25 bits per heavy atom. The molecule has 2 N–H and O–H groups in total. The number of rotatable bonds is 2. The number of aromatic nitrogens is 2. The van der Waals surface area contributed by atoms with Gasteiger partial charge in [-0.1, -0.05) is 17.7 Å². The number of nitrogens with two attached hydrogens (primary N) is 1. The molecular formula is C11H11ClFN3. The summed E-state index contributed by atoms with van der Waals surface area (Å²) in [5, 5.41) is 4.31. The molecule has 0 aliphatic carbocycles. The predicted molar refractivity (Wildman–Crippen MR) is 61.5 cm³/mol. The Bertz CT molecular complexity index is 522. The minimum absolute atomic E-state index is 0.101. The van der Waals surface area contributed by atoms with Crippen LogP contribution in [0.5, 0.6) is 0 Å². The van der Waals surface area contributed by atoms with E-state index in [0.29, 0.717) is 6.54 Å². The zero-order chi connectivity index (χ0) is 11.7. The summed E-state index contributed by atoms with van der Waals surface area (Å²) in [7, 11) is 1.81. The van der Waals surface area contributed by atoms with Crippen molar-refractivity contribution in [1.29, 1.82) is 0 Å². The monoisotopic (exact) mass is 239 g/mol. The van der Waals surface area contributed by atoms with Crippen molar-refractivity contribution in [3.05, 3.63) is 40.9 Å². The Kier molecular flexibility index (Phi) is 2.94. The zero-order valence-electron chi connectivity index (χ0n) is 8.74. The Morgan fingerprint density at radius 3 is 2.88 bits per heavy atom. The van der Waals surface area contributed by atoms with Crippen LogP contribution in [-0.4, -0.2) is 9.78 Å². The van der Waals surface area contributed by atoms with E-state index in [1.54, 1.807) is 16.8 Å². The molecule has 0 spiro atoms. The van der Waals surface area contributed by atoms with Crippen molar-refractivity contribution in [3.63, 3.8) is 0 Å². The summed E-state index contributed by atoms with van der Waals surface area (Å²) in [5.74, 6) is -0.427. The predicted octanol–water partition coefficient (Wildman–Crippen LogP) is 2.34. The maximum atomic E-state index is 13.0. The fourth-order valence-corrected chi connectivity index (χ4v) is 1.77. The van der Waals surface area contributed by atoms with Crippen molar-refractivity contribution in [2.75, 3.05) is 0 Å². The van der Waals surface area contributed by atoms with E-state index in [1.807, 2.05) is 13.2 Å². The topological polar surface area (TPSA) is 43.8 Å². The van der Waals surface area contributed by atoms with Crippen molar-refractivity contribution < 1.29 is 4.39 Å². The fourth-order valence-electron chi connectivity index (χ4n) is 1.59. The van der Waals surface area contributed by atoms with Crippen molar-refractivity contribution >= 4 is 11.6 Å². The lowest BCUT2D eigenvalue weighted by Gasteiger charge is -2.01. The molecule has 1 aromatic carbocycles.